The summed E-state index contributed by atoms with van der Waals surface area (Å²) in [5, 5.41) is 6.18. The lowest BCUT2D eigenvalue weighted by molar-refractivity contribution is -0.123. The van der Waals surface area contributed by atoms with Gasteiger partial charge in [-0.15, -0.1) is 0 Å². The van der Waals surface area contributed by atoms with Gasteiger partial charge >= 0.3 is 0 Å². The predicted octanol–water partition coefficient (Wildman–Crippen LogP) is 0.0523. The molecule has 15 heavy (non-hydrogen) atoms. The van der Waals surface area contributed by atoms with Gasteiger partial charge in [0.15, 0.2) is 0 Å². The van der Waals surface area contributed by atoms with Gasteiger partial charge in [0, 0.05) is 25.7 Å². The summed E-state index contributed by atoms with van der Waals surface area (Å²) in [6.07, 6.45) is 0. The van der Waals surface area contributed by atoms with E-state index in [0.717, 1.165) is 26.2 Å². The molecular weight excluding hydrogens is 190 g/mol. The number of carbonyl (C=O) groups excluding carboxylic acids is 1. The van der Waals surface area contributed by atoms with Crippen LogP contribution >= 0.6 is 0 Å². The van der Waals surface area contributed by atoms with Gasteiger partial charge in [0.05, 0.1) is 6.54 Å². The summed E-state index contributed by atoms with van der Waals surface area (Å²) >= 11 is 0. The van der Waals surface area contributed by atoms with Crippen molar-refractivity contribution < 1.29 is 4.79 Å². The van der Waals surface area contributed by atoms with E-state index in [0.29, 0.717) is 18.5 Å². The van der Waals surface area contributed by atoms with Gasteiger partial charge in [-0.25, -0.2) is 0 Å². The number of nitrogens with one attached hydrogen (secondary N) is 2. The van der Waals surface area contributed by atoms with Crippen LogP contribution in [0.5, 0.6) is 0 Å². The number of likely N-dealkylation sites (N-methyl/N-ethyl adjacent to an activating group) is 1. The molecule has 0 aliphatic carbocycles. The molecule has 0 atom stereocenters. The summed E-state index contributed by atoms with van der Waals surface area (Å²) in [5.74, 6) is 0.673. The average Bonchev–Trinajstić information content (AvgIpc) is 2.10. The number of amides is 1. The van der Waals surface area contributed by atoms with Crippen LogP contribution in [0.15, 0.2) is 0 Å². The van der Waals surface area contributed by atoms with Gasteiger partial charge < -0.3 is 10.6 Å². The van der Waals surface area contributed by atoms with Crippen molar-refractivity contribution in [1.29, 1.82) is 0 Å². The van der Waals surface area contributed by atoms with Crippen molar-refractivity contribution >= 4 is 5.91 Å². The molecule has 0 bridgehead atoms. The zero-order valence-corrected chi connectivity index (χ0v) is 10.0. The van der Waals surface area contributed by atoms with Gasteiger partial charge in [0.25, 0.3) is 0 Å². The Kier molecular flexibility index (Phi) is 5.05. The van der Waals surface area contributed by atoms with E-state index in [2.05, 4.69) is 36.3 Å². The fourth-order valence-electron chi connectivity index (χ4n) is 1.59. The second-order valence-corrected chi connectivity index (χ2v) is 4.57. The molecule has 4 nitrogen and oxygen atoms in total. The van der Waals surface area contributed by atoms with E-state index in [1.54, 1.807) is 0 Å². The number of rotatable bonds is 6. The summed E-state index contributed by atoms with van der Waals surface area (Å²) in [6, 6.07) is 0.555. The fourth-order valence-corrected chi connectivity index (χ4v) is 1.59. The van der Waals surface area contributed by atoms with E-state index in [-0.39, 0.29) is 5.91 Å². The third-order valence-electron chi connectivity index (χ3n) is 2.74. The Hall–Kier alpha value is -0.610. The molecular formula is C11H23N3O. The van der Waals surface area contributed by atoms with Crippen molar-refractivity contribution in [3.63, 3.8) is 0 Å². The van der Waals surface area contributed by atoms with Gasteiger partial charge in [-0.2, -0.15) is 0 Å². The Morgan fingerprint density at radius 2 is 2.20 bits per heavy atom. The molecule has 0 aromatic heterocycles. The number of hydrogen-bond donors (Lipinski definition) is 2. The molecule has 1 amide bonds. The Morgan fingerprint density at radius 1 is 1.53 bits per heavy atom. The normalized spacial score (nSPS) is 16.9. The van der Waals surface area contributed by atoms with E-state index in [4.69, 9.17) is 0 Å². The van der Waals surface area contributed by atoms with Crippen LogP contribution in [0.25, 0.3) is 0 Å². The zero-order valence-electron chi connectivity index (χ0n) is 10.0. The lowest BCUT2D eigenvalue weighted by Gasteiger charge is -2.37. The van der Waals surface area contributed by atoms with Crippen LogP contribution in [0.3, 0.4) is 0 Å². The van der Waals surface area contributed by atoms with Crippen molar-refractivity contribution in [1.82, 2.24) is 15.5 Å². The van der Waals surface area contributed by atoms with Crippen molar-refractivity contribution in [2.45, 2.75) is 26.8 Å². The molecule has 0 unspecified atom stereocenters. The smallest absolute Gasteiger partial charge is 0.234 e. The second-order valence-electron chi connectivity index (χ2n) is 4.57. The maximum Gasteiger partial charge on any atom is 0.234 e. The lowest BCUT2D eigenvalue weighted by Crippen LogP contribution is -2.58. The van der Waals surface area contributed by atoms with Crippen molar-refractivity contribution in [3.05, 3.63) is 0 Å². The van der Waals surface area contributed by atoms with E-state index in [9.17, 15) is 4.79 Å². The van der Waals surface area contributed by atoms with Crippen LogP contribution in [-0.4, -0.2) is 49.6 Å². The SMILES string of the molecule is CCN(CC(=O)NCC(C)C)C1CNC1. The maximum atomic E-state index is 11.6. The van der Waals surface area contributed by atoms with Crippen LogP contribution in [0.4, 0.5) is 0 Å². The van der Waals surface area contributed by atoms with Gasteiger partial charge in [0.2, 0.25) is 5.91 Å². The minimum atomic E-state index is 0.150. The molecule has 1 heterocycles. The van der Waals surface area contributed by atoms with Crippen molar-refractivity contribution in [2.24, 2.45) is 5.92 Å². The first-order valence-electron chi connectivity index (χ1n) is 5.85. The first kappa shape index (κ1) is 12.5. The number of carbonyl (C=O) groups is 1. The second kappa shape index (κ2) is 6.08. The largest absolute Gasteiger partial charge is 0.355 e. The Labute approximate surface area is 92.4 Å². The van der Waals surface area contributed by atoms with Gasteiger partial charge in [0.1, 0.15) is 0 Å². The molecule has 0 aromatic carbocycles. The summed E-state index contributed by atoms with van der Waals surface area (Å²) in [6.45, 7) is 10.6. The zero-order chi connectivity index (χ0) is 11.3. The van der Waals surface area contributed by atoms with Gasteiger partial charge in [-0.3, -0.25) is 9.69 Å². The average molecular weight is 213 g/mol. The third-order valence-corrected chi connectivity index (χ3v) is 2.74. The summed E-state index contributed by atoms with van der Waals surface area (Å²) in [7, 11) is 0. The van der Waals surface area contributed by atoms with Crippen molar-refractivity contribution in [2.75, 3.05) is 32.7 Å². The molecule has 0 aromatic rings. The van der Waals surface area contributed by atoms with Crippen LogP contribution in [0, 0.1) is 5.92 Å². The molecule has 1 aliphatic heterocycles. The molecule has 1 rings (SSSR count). The lowest BCUT2D eigenvalue weighted by atomic mass is 10.1. The number of hydrogen-bond acceptors (Lipinski definition) is 3. The highest BCUT2D eigenvalue weighted by atomic mass is 16.2. The summed E-state index contributed by atoms with van der Waals surface area (Å²) in [5.41, 5.74) is 0. The van der Waals surface area contributed by atoms with E-state index in [1.807, 2.05) is 0 Å². The molecule has 0 saturated carbocycles. The van der Waals surface area contributed by atoms with Crippen LogP contribution < -0.4 is 10.6 Å². The molecule has 1 fully saturated rings. The Morgan fingerprint density at radius 3 is 2.60 bits per heavy atom. The summed E-state index contributed by atoms with van der Waals surface area (Å²) < 4.78 is 0. The molecule has 0 radical (unpaired) electrons. The topological polar surface area (TPSA) is 44.4 Å². The van der Waals surface area contributed by atoms with Gasteiger partial charge in [-0.1, -0.05) is 20.8 Å². The Bertz CT molecular complexity index is 202. The quantitative estimate of drug-likeness (QED) is 0.655. The molecule has 2 N–H and O–H groups in total. The van der Waals surface area contributed by atoms with Crippen molar-refractivity contribution in [3.8, 4) is 0 Å². The molecule has 1 aliphatic rings. The predicted molar refractivity (Wildman–Crippen MR) is 61.8 cm³/mol. The minimum Gasteiger partial charge on any atom is -0.355 e. The molecule has 0 spiro atoms. The van der Waals surface area contributed by atoms with E-state index >= 15 is 0 Å². The highest BCUT2D eigenvalue weighted by Gasteiger charge is 2.24. The number of nitrogens with zero attached hydrogens (tertiary/aromatic N) is 1. The fraction of sp³-hybridized carbons (Fsp3) is 0.909. The molecule has 1 saturated heterocycles. The molecule has 4 heteroatoms. The monoisotopic (exact) mass is 213 g/mol. The summed E-state index contributed by atoms with van der Waals surface area (Å²) in [4.78, 5) is 13.8. The van der Waals surface area contributed by atoms with Crippen LogP contribution in [-0.2, 0) is 4.79 Å². The molecule has 88 valence electrons. The minimum absolute atomic E-state index is 0.150. The van der Waals surface area contributed by atoms with E-state index in [1.165, 1.54) is 0 Å². The standard InChI is InChI=1S/C11H23N3O/c1-4-14(10-6-12-7-10)8-11(15)13-5-9(2)3/h9-10,12H,4-8H2,1-3H3,(H,13,15). The maximum absolute atomic E-state index is 11.6. The highest BCUT2D eigenvalue weighted by Crippen LogP contribution is 2.03. The third kappa shape index (κ3) is 4.18. The highest BCUT2D eigenvalue weighted by molar-refractivity contribution is 5.78. The van der Waals surface area contributed by atoms with Crippen LogP contribution in [0.2, 0.25) is 0 Å². The van der Waals surface area contributed by atoms with Gasteiger partial charge in [-0.05, 0) is 12.5 Å². The first-order valence-corrected chi connectivity index (χ1v) is 5.85. The first-order chi connectivity index (χ1) is 7.13. The van der Waals surface area contributed by atoms with Crippen LogP contribution in [0.1, 0.15) is 20.8 Å². The van der Waals surface area contributed by atoms with E-state index < -0.39 is 0 Å². The Balaban J connectivity index is 2.21.